The van der Waals surface area contributed by atoms with Gasteiger partial charge < -0.3 is 5.41 Å². The van der Waals surface area contributed by atoms with Crippen LogP contribution in [0.4, 0.5) is 0 Å². The maximum atomic E-state index is 11.8. The highest BCUT2D eigenvalue weighted by Crippen LogP contribution is 2.18. The Morgan fingerprint density at radius 1 is 1.58 bits per heavy atom. The molecular formula is C12H11N5OS. The molecule has 2 rings (SSSR count). The molecule has 2 aromatic rings. The van der Waals surface area contributed by atoms with Gasteiger partial charge in [-0.15, -0.1) is 10.2 Å². The van der Waals surface area contributed by atoms with Crippen molar-refractivity contribution in [1.29, 1.82) is 10.7 Å². The lowest BCUT2D eigenvalue weighted by Crippen LogP contribution is -2.21. The van der Waals surface area contributed by atoms with Crippen molar-refractivity contribution in [2.45, 2.75) is 12.1 Å². The zero-order valence-corrected chi connectivity index (χ0v) is 11.0. The lowest BCUT2D eigenvalue weighted by molar-refractivity contribution is -0.117. The van der Waals surface area contributed by atoms with Crippen molar-refractivity contribution < 1.29 is 4.79 Å². The summed E-state index contributed by atoms with van der Waals surface area (Å²) in [7, 11) is 0. The molecule has 1 unspecified atom stereocenters. The average molecular weight is 273 g/mol. The number of aromatic nitrogens is 3. The summed E-state index contributed by atoms with van der Waals surface area (Å²) >= 11 is 1.22. The molecule has 0 aliphatic heterocycles. The third-order valence-electron chi connectivity index (χ3n) is 2.51. The molecule has 0 radical (unpaired) electrons. The van der Waals surface area contributed by atoms with Crippen molar-refractivity contribution in [3.63, 3.8) is 0 Å². The Kier molecular flexibility index (Phi) is 3.92. The number of thioether (sulfide) groups is 1. The number of pyridine rings is 1. The molecule has 1 atom stereocenters. The number of ketones is 1. The molecule has 0 amide bonds. The zero-order valence-electron chi connectivity index (χ0n) is 10.2. The smallest absolute Gasteiger partial charge is 0.196 e. The number of carbonyl (C=O) groups excluding carboxylic acids is 1. The Morgan fingerprint density at radius 2 is 2.37 bits per heavy atom. The lowest BCUT2D eigenvalue weighted by atomic mass is 10.0. The number of hydrogen-bond acceptors (Lipinski definition) is 6. The van der Waals surface area contributed by atoms with Gasteiger partial charge in [0.1, 0.15) is 5.92 Å². The number of nitriles is 1. The van der Waals surface area contributed by atoms with Crippen LogP contribution >= 0.6 is 11.8 Å². The molecule has 0 saturated carbocycles. The van der Waals surface area contributed by atoms with Gasteiger partial charge in [-0.1, -0.05) is 17.8 Å². The first-order valence-electron chi connectivity index (χ1n) is 5.53. The maximum Gasteiger partial charge on any atom is 0.196 e. The van der Waals surface area contributed by atoms with Crippen LogP contribution in [0.2, 0.25) is 0 Å². The number of hydrogen-bond donors (Lipinski definition) is 1. The summed E-state index contributed by atoms with van der Waals surface area (Å²) in [6.07, 6.45) is 1.81. The Bertz CT molecular complexity index is 672. The molecule has 0 saturated heterocycles. The highest BCUT2D eigenvalue weighted by Gasteiger charge is 2.20. The van der Waals surface area contributed by atoms with E-state index in [1.807, 2.05) is 30.5 Å². The Labute approximate surface area is 114 Å². The standard InChI is InChI=1S/C12H11N5OS/c1-8(14)9(6-13)10(18)7-19-12-16-15-11-4-2-3-5-17(11)12/h2-5,9,14H,7H2,1H3. The third-order valence-corrected chi connectivity index (χ3v) is 3.48. The van der Waals surface area contributed by atoms with Crippen LogP contribution < -0.4 is 0 Å². The number of rotatable bonds is 5. The van der Waals surface area contributed by atoms with Crippen molar-refractivity contribution >= 4 is 28.9 Å². The third kappa shape index (κ3) is 2.80. The number of fused-ring (bicyclic) bond motifs is 1. The highest BCUT2D eigenvalue weighted by atomic mass is 32.2. The number of nitrogens with zero attached hydrogens (tertiary/aromatic N) is 4. The fourth-order valence-electron chi connectivity index (χ4n) is 1.55. The monoisotopic (exact) mass is 273 g/mol. The Balaban J connectivity index is 2.09. The van der Waals surface area contributed by atoms with E-state index in [0.717, 1.165) is 0 Å². The van der Waals surface area contributed by atoms with Gasteiger partial charge in [0.15, 0.2) is 16.6 Å². The van der Waals surface area contributed by atoms with E-state index in [4.69, 9.17) is 10.7 Å². The van der Waals surface area contributed by atoms with Crippen LogP contribution in [0.3, 0.4) is 0 Å². The topological polar surface area (TPSA) is 94.9 Å². The van der Waals surface area contributed by atoms with Crippen LogP contribution in [-0.4, -0.2) is 31.8 Å². The zero-order chi connectivity index (χ0) is 13.8. The average Bonchev–Trinajstić information content (AvgIpc) is 2.80. The Morgan fingerprint density at radius 3 is 3.05 bits per heavy atom. The van der Waals surface area contributed by atoms with Crippen molar-refractivity contribution in [2.75, 3.05) is 5.75 Å². The largest absolute Gasteiger partial charge is 0.308 e. The van der Waals surface area contributed by atoms with Crippen molar-refractivity contribution in [1.82, 2.24) is 14.6 Å². The fraction of sp³-hybridized carbons (Fsp3) is 0.250. The summed E-state index contributed by atoms with van der Waals surface area (Å²) in [6.45, 7) is 1.46. The molecule has 19 heavy (non-hydrogen) atoms. The van der Waals surface area contributed by atoms with Crippen LogP contribution in [0.1, 0.15) is 6.92 Å². The van der Waals surface area contributed by atoms with E-state index in [1.165, 1.54) is 18.7 Å². The van der Waals surface area contributed by atoms with Gasteiger partial charge in [-0.25, -0.2) is 0 Å². The molecule has 0 bridgehead atoms. The van der Waals surface area contributed by atoms with Crippen LogP contribution in [-0.2, 0) is 4.79 Å². The summed E-state index contributed by atoms with van der Waals surface area (Å²) in [4.78, 5) is 11.8. The van der Waals surface area contributed by atoms with Gasteiger partial charge >= 0.3 is 0 Å². The molecule has 1 N–H and O–H groups in total. The van der Waals surface area contributed by atoms with Gasteiger partial charge in [0.2, 0.25) is 0 Å². The van der Waals surface area contributed by atoms with E-state index in [2.05, 4.69) is 10.2 Å². The van der Waals surface area contributed by atoms with Gasteiger partial charge in [-0.2, -0.15) is 5.26 Å². The molecule has 0 aliphatic carbocycles. The molecule has 0 spiro atoms. The van der Waals surface area contributed by atoms with E-state index < -0.39 is 5.92 Å². The first kappa shape index (κ1) is 13.2. The summed E-state index contributed by atoms with van der Waals surface area (Å²) in [5.41, 5.74) is 0.775. The fourth-order valence-corrected chi connectivity index (χ4v) is 2.38. The minimum absolute atomic E-state index is 0.0687. The number of Topliss-reactive ketones (excluding diaryl/α,β-unsaturated/α-hetero) is 1. The van der Waals surface area contributed by atoms with Crippen LogP contribution in [0, 0.1) is 22.7 Å². The van der Waals surface area contributed by atoms with Crippen molar-refractivity contribution in [2.24, 2.45) is 5.92 Å². The van der Waals surface area contributed by atoms with Gasteiger partial charge in [-0.3, -0.25) is 9.20 Å². The maximum absolute atomic E-state index is 11.8. The molecule has 6 nitrogen and oxygen atoms in total. The van der Waals surface area contributed by atoms with Crippen LogP contribution in [0.15, 0.2) is 29.6 Å². The quantitative estimate of drug-likeness (QED) is 0.659. The molecule has 96 valence electrons. The van der Waals surface area contributed by atoms with Gasteiger partial charge in [0, 0.05) is 11.9 Å². The molecule has 0 aliphatic rings. The van der Waals surface area contributed by atoms with E-state index in [-0.39, 0.29) is 17.2 Å². The second-order valence-electron chi connectivity index (χ2n) is 3.91. The van der Waals surface area contributed by atoms with E-state index in [1.54, 1.807) is 4.40 Å². The molecule has 7 heteroatoms. The van der Waals surface area contributed by atoms with Crippen LogP contribution in [0.25, 0.3) is 5.65 Å². The molecular weight excluding hydrogens is 262 g/mol. The normalized spacial score (nSPS) is 12.0. The van der Waals surface area contributed by atoms with E-state index in [9.17, 15) is 4.79 Å². The number of nitrogens with one attached hydrogen (secondary N) is 1. The van der Waals surface area contributed by atoms with Gasteiger partial charge in [0.05, 0.1) is 11.8 Å². The van der Waals surface area contributed by atoms with E-state index >= 15 is 0 Å². The summed E-state index contributed by atoms with van der Waals surface area (Å²) < 4.78 is 1.77. The van der Waals surface area contributed by atoms with Crippen molar-refractivity contribution in [3.05, 3.63) is 24.4 Å². The minimum Gasteiger partial charge on any atom is -0.308 e. The minimum atomic E-state index is -0.966. The second-order valence-corrected chi connectivity index (χ2v) is 4.85. The predicted molar refractivity (Wildman–Crippen MR) is 71.2 cm³/mol. The number of carbonyl (C=O) groups is 1. The summed E-state index contributed by atoms with van der Waals surface area (Å²) in [5, 5.41) is 24.8. The molecule has 2 heterocycles. The van der Waals surface area contributed by atoms with Gasteiger partial charge in [0.25, 0.3) is 0 Å². The lowest BCUT2D eigenvalue weighted by Gasteiger charge is -2.04. The molecule has 0 fully saturated rings. The van der Waals surface area contributed by atoms with Crippen molar-refractivity contribution in [3.8, 4) is 6.07 Å². The predicted octanol–water partition coefficient (Wildman–Crippen LogP) is 1.57. The molecule has 0 aromatic carbocycles. The first-order chi connectivity index (χ1) is 9.13. The molecule has 2 aromatic heterocycles. The van der Waals surface area contributed by atoms with Crippen LogP contribution in [0.5, 0.6) is 0 Å². The Hall–Kier alpha value is -2.20. The highest BCUT2D eigenvalue weighted by molar-refractivity contribution is 7.99. The summed E-state index contributed by atoms with van der Waals surface area (Å²) in [5.74, 6) is -1.15. The van der Waals surface area contributed by atoms with Gasteiger partial charge in [-0.05, 0) is 19.1 Å². The van der Waals surface area contributed by atoms with E-state index in [0.29, 0.717) is 10.8 Å². The SMILES string of the molecule is CC(=N)C(C#N)C(=O)CSc1nnc2ccccn12. The first-order valence-corrected chi connectivity index (χ1v) is 6.52. The second kappa shape index (κ2) is 5.63. The summed E-state index contributed by atoms with van der Waals surface area (Å²) in [6, 6.07) is 7.36.